The third-order valence-corrected chi connectivity index (χ3v) is 10.5. The van der Waals surface area contributed by atoms with E-state index in [1.165, 1.54) is 0 Å². The number of rotatable bonds is 14. The van der Waals surface area contributed by atoms with Crippen LogP contribution in [0.1, 0.15) is 80.3 Å². The summed E-state index contributed by atoms with van der Waals surface area (Å²) in [4.78, 5) is 73.2. The van der Waals surface area contributed by atoms with E-state index in [0.29, 0.717) is 17.9 Å². The Kier molecular flexibility index (Phi) is 10.1. The van der Waals surface area contributed by atoms with Crippen molar-refractivity contribution in [3.05, 3.63) is 72.4 Å². The van der Waals surface area contributed by atoms with Crippen molar-refractivity contribution in [2.24, 2.45) is 17.0 Å². The monoisotopic (exact) mass is 698 g/mol. The van der Waals surface area contributed by atoms with Crippen LogP contribution in [0.15, 0.2) is 28.1 Å². The number of fused-ring (bicyclic) bond motifs is 5. The molecule has 0 saturated carbocycles. The third kappa shape index (κ3) is 6.55. The summed E-state index contributed by atoms with van der Waals surface area (Å²) in [6.07, 6.45) is 2.49. The largest absolute Gasteiger partial charge is 0.458 e. The smallest absolute Gasteiger partial charge is 0.343 e. The zero-order valence-electron chi connectivity index (χ0n) is 29.3. The van der Waals surface area contributed by atoms with Crippen LogP contribution in [-0.4, -0.2) is 63.9 Å². The molecule has 51 heavy (non-hydrogen) atoms. The first-order chi connectivity index (χ1) is 24.4. The molecule has 0 unspecified atom stereocenters. The summed E-state index contributed by atoms with van der Waals surface area (Å²) >= 11 is 0. The van der Waals surface area contributed by atoms with Gasteiger partial charge in [0.25, 0.3) is 5.56 Å². The molecule has 3 aromatic rings. The molecule has 14 heteroatoms. The summed E-state index contributed by atoms with van der Waals surface area (Å²) < 4.78 is 12.1. The van der Waals surface area contributed by atoms with Crippen molar-refractivity contribution in [2.75, 3.05) is 19.8 Å². The maximum Gasteiger partial charge on any atom is 0.343 e. The number of ketones is 2. The molecular weight excluding hydrogens is 656 g/mol. The summed E-state index contributed by atoms with van der Waals surface area (Å²) in [5.41, 5.74) is 12.5. The Labute approximate surface area is 294 Å². The second-order valence-electron chi connectivity index (χ2n) is 13.9. The number of azide groups is 1. The Morgan fingerprint density at radius 1 is 1.16 bits per heavy atom. The predicted molar refractivity (Wildman–Crippen MR) is 186 cm³/mol. The number of benzene rings is 1. The Hall–Kier alpha value is -4.91. The van der Waals surface area contributed by atoms with Crippen molar-refractivity contribution >= 4 is 34.3 Å². The number of aromatic nitrogens is 2. The third-order valence-electron chi connectivity index (χ3n) is 10.5. The number of carbonyl (C=O) groups excluding carboxylic acids is 4. The number of aliphatic hydroxyl groups is 1. The van der Waals surface area contributed by atoms with Gasteiger partial charge in [0.2, 0.25) is 5.91 Å². The van der Waals surface area contributed by atoms with Crippen molar-refractivity contribution < 1.29 is 33.8 Å². The quantitative estimate of drug-likeness (QED) is 0.0647. The van der Waals surface area contributed by atoms with Gasteiger partial charge in [-0.15, -0.1) is 0 Å². The molecule has 0 bridgehead atoms. The molecular formula is C37H42N6O8. The topological polar surface area (TPSA) is 203 Å². The van der Waals surface area contributed by atoms with Crippen LogP contribution < -0.4 is 10.9 Å². The van der Waals surface area contributed by atoms with Gasteiger partial charge in [0, 0.05) is 46.7 Å². The van der Waals surface area contributed by atoms with Crippen LogP contribution in [0.5, 0.6) is 0 Å². The van der Waals surface area contributed by atoms with Crippen molar-refractivity contribution in [3.8, 4) is 11.4 Å². The average Bonchev–Trinajstić information content (AvgIpc) is 3.49. The molecule has 14 nitrogen and oxygen atoms in total. The molecule has 6 rings (SSSR count). The first kappa shape index (κ1) is 35.9. The minimum atomic E-state index is -1.90. The average molecular weight is 699 g/mol. The van der Waals surface area contributed by atoms with E-state index >= 15 is 0 Å². The molecule has 0 spiro atoms. The van der Waals surface area contributed by atoms with Crippen molar-refractivity contribution in [1.29, 1.82) is 0 Å². The number of nitrogens with zero attached hydrogens (tertiary/aromatic N) is 5. The van der Waals surface area contributed by atoms with Gasteiger partial charge >= 0.3 is 5.97 Å². The molecule has 0 radical (unpaired) electrons. The SMILES string of the molecule is CC[C@@]1(O)C(=O)OCc2c1cc1n(c2=O)Cc2c-1nc1ccc(CC(=O)[C@H](C)NC(=O)[C@@H](CC(=O)COCCN=[N+]=[N-])C(C)C)c3c1c2CCC3. The molecule has 2 aliphatic heterocycles. The molecule has 1 amide bonds. The minimum Gasteiger partial charge on any atom is -0.458 e. The van der Waals surface area contributed by atoms with Crippen LogP contribution in [-0.2, 0) is 66.7 Å². The molecule has 4 heterocycles. The van der Waals surface area contributed by atoms with Gasteiger partial charge < -0.3 is 24.5 Å². The van der Waals surface area contributed by atoms with E-state index in [4.69, 9.17) is 20.0 Å². The van der Waals surface area contributed by atoms with Crippen LogP contribution in [0.4, 0.5) is 0 Å². The number of carbonyl (C=O) groups is 4. The zero-order valence-corrected chi connectivity index (χ0v) is 29.3. The van der Waals surface area contributed by atoms with Crippen molar-refractivity contribution in [3.63, 3.8) is 0 Å². The van der Waals surface area contributed by atoms with Crippen molar-refractivity contribution in [1.82, 2.24) is 14.9 Å². The lowest BCUT2D eigenvalue weighted by Gasteiger charge is -2.31. The highest BCUT2D eigenvalue weighted by molar-refractivity contribution is 5.96. The summed E-state index contributed by atoms with van der Waals surface area (Å²) in [5, 5.41) is 18.4. The fourth-order valence-corrected chi connectivity index (χ4v) is 7.57. The van der Waals surface area contributed by atoms with Gasteiger partial charge in [-0.05, 0) is 72.9 Å². The van der Waals surface area contributed by atoms with Gasteiger partial charge in [-0.25, -0.2) is 9.78 Å². The van der Waals surface area contributed by atoms with Crippen LogP contribution in [0.3, 0.4) is 0 Å². The number of hydrogen-bond acceptors (Lipinski definition) is 10. The van der Waals surface area contributed by atoms with E-state index in [9.17, 15) is 29.1 Å². The number of Topliss-reactive ketones (excluding diaryl/α,β-unsaturated/α-hetero) is 2. The number of aryl methyl sites for hydroxylation is 2. The van der Waals surface area contributed by atoms with Crippen LogP contribution in [0.25, 0.3) is 32.7 Å². The van der Waals surface area contributed by atoms with Gasteiger partial charge in [0.1, 0.15) is 13.2 Å². The standard InChI is InChI=1S/C37H42N6O8/c1-5-37(49)28-15-30-33-26(16-43(30)35(47)27(28)18-51-36(37)48)24-8-6-7-23-21(9-10-29(41-33)32(23)24)13-31(45)20(4)40-34(46)25(19(2)3)14-22(44)17-50-12-11-39-42-38/h9-10,15,19-20,25,49H,5-8,11-14,16-18H2,1-4H3,(H,40,46)/t20-,25-,37-/m0/s1. The lowest BCUT2D eigenvalue weighted by Crippen LogP contribution is -2.44. The molecule has 268 valence electrons. The molecule has 0 saturated heterocycles. The van der Waals surface area contributed by atoms with Gasteiger partial charge in [0.05, 0.1) is 41.7 Å². The number of hydrogen-bond donors (Lipinski definition) is 2. The van der Waals surface area contributed by atoms with Crippen molar-refractivity contribution in [2.45, 2.75) is 91.0 Å². The van der Waals surface area contributed by atoms with Crippen LogP contribution >= 0.6 is 0 Å². The van der Waals surface area contributed by atoms with Crippen LogP contribution in [0, 0.1) is 11.8 Å². The van der Waals surface area contributed by atoms with E-state index in [2.05, 4.69) is 15.3 Å². The maximum atomic E-state index is 13.7. The van der Waals surface area contributed by atoms with Gasteiger partial charge in [-0.1, -0.05) is 32.0 Å². The van der Waals surface area contributed by atoms with E-state index in [-0.39, 0.29) is 85.7 Å². The number of amides is 1. The molecule has 1 aliphatic carbocycles. The minimum absolute atomic E-state index is 0.0369. The Morgan fingerprint density at radius 3 is 2.65 bits per heavy atom. The highest BCUT2D eigenvalue weighted by Crippen LogP contribution is 2.43. The van der Waals surface area contributed by atoms with Gasteiger partial charge in [0.15, 0.2) is 17.2 Å². The molecule has 3 aliphatic rings. The fraction of sp³-hybridized carbons (Fsp3) is 0.514. The van der Waals surface area contributed by atoms with Crippen LogP contribution in [0.2, 0.25) is 0 Å². The number of pyridine rings is 2. The Bertz CT molecular complexity index is 2070. The number of cyclic esters (lactones) is 1. The number of nitrogens with one attached hydrogen (secondary N) is 1. The van der Waals surface area contributed by atoms with Gasteiger partial charge in [-0.3, -0.25) is 19.2 Å². The number of ether oxygens (including phenoxy) is 2. The lowest BCUT2D eigenvalue weighted by atomic mass is 9.83. The molecule has 1 aromatic carbocycles. The van der Waals surface area contributed by atoms with E-state index in [0.717, 1.165) is 52.4 Å². The van der Waals surface area contributed by atoms with E-state index in [1.54, 1.807) is 24.5 Å². The normalized spacial score (nSPS) is 18.3. The maximum absolute atomic E-state index is 13.7. The Balaban J connectivity index is 1.22. The summed E-state index contributed by atoms with van der Waals surface area (Å²) in [5.74, 6) is -2.36. The first-order valence-electron chi connectivity index (χ1n) is 17.5. The highest BCUT2D eigenvalue weighted by Gasteiger charge is 2.45. The fourth-order valence-electron chi connectivity index (χ4n) is 7.57. The Morgan fingerprint density at radius 2 is 1.92 bits per heavy atom. The van der Waals surface area contributed by atoms with E-state index < -0.39 is 23.5 Å². The second-order valence-corrected chi connectivity index (χ2v) is 13.9. The molecule has 2 aromatic heterocycles. The molecule has 3 atom stereocenters. The highest BCUT2D eigenvalue weighted by atomic mass is 16.6. The summed E-state index contributed by atoms with van der Waals surface area (Å²) in [6, 6.07) is 4.71. The van der Waals surface area contributed by atoms with Gasteiger partial charge in [-0.2, -0.15) is 0 Å². The second kappa shape index (κ2) is 14.4. The lowest BCUT2D eigenvalue weighted by molar-refractivity contribution is -0.172. The summed E-state index contributed by atoms with van der Waals surface area (Å²) in [6.45, 7) is 7.15. The molecule has 2 N–H and O–H groups in total. The summed E-state index contributed by atoms with van der Waals surface area (Å²) in [7, 11) is 0. The first-order valence-corrected chi connectivity index (χ1v) is 17.5. The predicted octanol–water partition coefficient (Wildman–Crippen LogP) is 3.74. The number of esters is 1. The molecule has 0 fully saturated rings. The zero-order chi connectivity index (χ0) is 36.6. The van der Waals surface area contributed by atoms with E-state index in [1.807, 2.05) is 26.0 Å².